The number of rotatable bonds is 4. The number of nitrogens with one attached hydrogen (secondary N) is 1. The van der Waals surface area contributed by atoms with Gasteiger partial charge in [-0.05, 0) is 69.1 Å². The zero-order valence-electron chi connectivity index (χ0n) is 11.1. The second kappa shape index (κ2) is 7.18. The van der Waals surface area contributed by atoms with Crippen molar-refractivity contribution in [2.75, 3.05) is 7.05 Å². The molecule has 0 saturated carbocycles. The van der Waals surface area contributed by atoms with Crippen LogP contribution in [0.25, 0.3) is 0 Å². The predicted molar refractivity (Wildman–Crippen MR) is 88.7 cm³/mol. The molecule has 2 aromatic rings. The van der Waals surface area contributed by atoms with Gasteiger partial charge in [0.25, 0.3) is 0 Å². The van der Waals surface area contributed by atoms with Crippen LogP contribution in [0.15, 0.2) is 39.3 Å². The molecule has 2 rings (SSSR count). The molecule has 0 bridgehead atoms. The zero-order chi connectivity index (χ0) is 15.6. The van der Waals surface area contributed by atoms with E-state index in [9.17, 15) is 8.78 Å². The highest BCUT2D eigenvalue weighted by Gasteiger charge is 2.20. The maximum atomic E-state index is 14.1. The molecule has 0 aliphatic rings. The van der Waals surface area contributed by atoms with Gasteiger partial charge in [-0.2, -0.15) is 0 Å². The van der Waals surface area contributed by atoms with Crippen molar-refractivity contribution < 1.29 is 8.78 Å². The molecular weight excluding hydrogens is 427 g/mol. The molecule has 0 radical (unpaired) electrons. The quantitative estimate of drug-likeness (QED) is 0.608. The Balaban J connectivity index is 2.41. The van der Waals surface area contributed by atoms with Crippen molar-refractivity contribution in [2.24, 2.45) is 0 Å². The summed E-state index contributed by atoms with van der Waals surface area (Å²) in [6.45, 7) is 0. The van der Waals surface area contributed by atoms with Crippen molar-refractivity contribution >= 4 is 43.5 Å². The van der Waals surface area contributed by atoms with E-state index < -0.39 is 11.6 Å². The Morgan fingerprint density at radius 2 is 1.86 bits per heavy atom. The number of hydrogen-bond acceptors (Lipinski definition) is 1. The summed E-state index contributed by atoms with van der Waals surface area (Å²) in [6, 6.07) is 7.80. The van der Waals surface area contributed by atoms with E-state index in [1.807, 2.05) is 18.2 Å². The summed E-state index contributed by atoms with van der Waals surface area (Å²) in [4.78, 5) is 0. The molecule has 0 aromatic heterocycles. The van der Waals surface area contributed by atoms with Crippen molar-refractivity contribution in [3.8, 4) is 0 Å². The third-order valence-corrected chi connectivity index (χ3v) is 5.18. The van der Waals surface area contributed by atoms with Crippen LogP contribution >= 0.6 is 43.5 Å². The topological polar surface area (TPSA) is 12.0 Å². The predicted octanol–water partition coefficient (Wildman–Crippen LogP) is 5.65. The lowest BCUT2D eigenvalue weighted by Crippen LogP contribution is -2.20. The van der Waals surface area contributed by atoms with Crippen molar-refractivity contribution in [3.63, 3.8) is 0 Å². The monoisotopic (exact) mass is 437 g/mol. The van der Waals surface area contributed by atoms with E-state index in [-0.39, 0.29) is 22.5 Å². The van der Waals surface area contributed by atoms with E-state index in [4.69, 9.17) is 11.6 Å². The molecule has 0 amide bonds. The Morgan fingerprint density at radius 1 is 1.14 bits per heavy atom. The Kier molecular flexibility index (Phi) is 5.77. The number of hydrogen-bond donors (Lipinski definition) is 1. The van der Waals surface area contributed by atoms with Crippen LogP contribution in [0.4, 0.5) is 8.78 Å². The minimum atomic E-state index is -0.582. The first-order valence-corrected chi connectivity index (χ1v) is 8.15. The van der Waals surface area contributed by atoms with Gasteiger partial charge >= 0.3 is 0 Å². The first-order valence-electron chi connectivity index (χ1n) is 6.19. The fourth-order valence-corrected chi connectivity index (χ4v) is 3.13. The van der Waals surface area contributed by atoms with Crippen molar-refractivity contribution in [2.45, 2.75) is 12.5 Å². The van der Waals surface area contributed by atoms with Crippen LogP contribution in [0.2, 0.25) is 5.02 Å². The number of likely N-dealkylation sites (N-methyl/N-ethyl adjacent to an activating group) is 1. The van der Waals surface area contributed by atoms with Gasteiger partial charge in [-0.1, -0.05) is 23.7 Å². The maximum Gasteiger partial charge on any atom is 0.143 e. The molecule has 1 unspecified atom stereocenters. The molecule has 0 aliphatic heterocycles. The van der Waals surface area contributed by atoms with E-state index in [1.165, 1.54) is 12.1 Å². The largest absolute Gasteiger partial charge is 0.313 e. The summed E-state index contributed by atoms with van der Waals surface area (Å²) >= 11 is 12.7. The van der Waals surface area contributed by atoms with E-state index in [0.29, 0.717) is 5.02 Å². The molecule has 1 N–H and O–H groups in total. The highest BCUT2D eigenvalue weighted by molar-refractivity contribution is 9.10. The first-order chi connectivity index (χ1) is 9.95. The van der Waals surface area contributed by atoms with E-state index in [0.717, 1.165) is 10.0 Å². The van der Waals surface area contributed by atoms with Gasteiger partial charge in [0.2, 0.25) is 0 Å². The van der Waals surface area contributed by atoms with Gasteiger partial charge in [0.1, 0.15) is 11.6 Å². The molecule has 6 heteroatoms. The highest BCUT2D eigenvalue weighted by Crippen LogP contribution is 2.33. The summed E-state index contributed by atoms with van der Waals surface area (Å²) in [7, 11) is 1.73. The smallest absolute Gasteiger partial charge is 0.143 e. The summed E-state index contributed by atoms with van der Waals surface area (Å²) in [6.07, 6.45) is 0.157. The molecular formula is C15H12Br2ClF2N. The van der Waals surface area contributed by atoms with Crippen LogP contribution in [0.5, 0.6) is 0 Å². The minimum absolute atomic E-state index is 0.0276. The lowest BCUT2D eigenvalue weighted by molar-refractivity contribution is 0.512. The Hall–Kier alpha value is -0.490. The SMILES string of the molecule is CNC(Cc1c(F)ccc(Br)c1F)c1cccc(Br)c1Cl. The Bertz CT molecular complexity index is 664. The molecule has 2 aromatic carbocycles. The van der Waals surface area contributed by atoms with Crippen LogP contribution < -0.4 is 5.32 Å². The Labute approximate surface area is 144 Å². The normalized spacial score (nSPS) is 12.5. The molecule has 1 nitrogen and oxygen atoms in total. The van der Waals surface area contributed by atoms with Gasteiger partial charge in [0.15, 0.2) is 0 Å². The average molecular weight is 440 g/mol. The van der Waals surface area contributed by atoms with Gasteiger partial charge in [0.05, 0.1) is 9.50 Å². The summed E-state index contributed by atoms with van der Waals surface area (Å²) in [5.74, 6) is -1.15. The third-order valence-electron chi connectivity index (χ3n) is 3.25. The summed E-state index contributed by atoms with van der Waals surface area (Å²) in [5.41, 5.74) is 0.812. The summed E-state index contributed by atoms with van der Waals surface area (Å²) < 4.78 is 29.0. The second-order valence-corrected chi connectivity index (χ2v) is 6.60. The van der Waals surface area contributed by atoms with Crippen LogP contribution in [0, 0.1) is 11.6 Å². The van der Waals surface area contributed by atoms with Crippen LogP contribution in [0.1, 0.15) is 17.2 Å². The van der Waals surface area contributed by atoms with E-state index >= 15 is 0 Å². The van der Waals surface area contributed by atoms with Gasteiger partial charge < -0.3 is 5.32 Å². The molecule has 0 fully saturated rings. The zero-order valence-corrected chi connectivity index (χ0v) is 15.0. The molecule has 0 saturated heterocycles. The van der Waals surface area contributed by atoms with Gasteiger partial charge in [0, 0.05) is 16.1 Å². The van der Waals surface area contributed by atoms with Crippen LogP contribution in [-0.4, -0.2) is 7.05 Å². The number of halogens is 5. The highest BCUT2D eigenvalue weighted by atomic mass is 79.9. The van der Waals surface area contributed by atoms with Crippen molar-refractivity contribution in [1.82, 2.24) is 5.32 Å². The maximum absolute atomic E-state index is 14.1. The van der Waals surface area contributed by atoms with Gasteiger partial charge in [-0.25, -0.2) is 8.78 Å². The Morgan fingerprint density at radius 3 is 2.52 bits per heavy atom. The molecule has 112 valence electrons. The molecule has 0 heterocycles. The third kappa shape index (κ3) is 3.65. The number of benzene rings is 2. The van der Waals surface area contributed by atoms with Crippen LogP contribution in [-0.2, 0) is 6.42 Å². The standard InChI is InChI=1S/C15H12Br2ClF2N/c1-21-13(8-3-2-4-10(16)14(8)18)7-9-12(19)6-5-11(17)15(9)20/h2-6,13,21H,7H2,1H3. The minimum Gasteiger partial charge on any atom is -0.313 e. The lowest BCUT2D eigenvalue weighted by atomic mass is 9.98. The summed E-state index contributed by atoms with van der Waals surface area (Å²) in [5, 5.41) is 3.59. The lowest BCUT2D eigenvalue weighted by Gasteiger charge is -2.19. The van der Waals surface area contributed by atoms with Gasteiger partial charge in [-0.15, -0.1) is 0 Å². The molecule has 0 spiro atoms. The fourth-order valence-electron chi connectivity index (χ4n) is 2.12. The average Bonchev–Trinajstić information content (AvgIpc) is 2.47. The van der Waals surface area contributed by atoms with E-state index in [1.54, 1.807) is 7.05 Å². The van der Waals surface area contributed by atoms with Crippen molar-refractivity contribution in [1.29, 1.82) is 0 Å². The first kappa shape index (κ1) is 16.9. The van der Waals surface area contributed by atoms with Crippen LogP contribution in [0.3, 0.4) is 0 Å². The fraction of sp³-hybridized carbons (Fsp3) is 0.200. The van der Waals surface area contributed by atoms with E-state index in [2.05, 4.69) is 37.2 Å². The van der Waals surface area contributed by atoms with Crippen molar-refractivity contribution in [3.05, 3.63) is 67.1 Å². The second-order valence-electron chi connectivity index (χ2n) is 4.51. The van der Waals surface area contributed by atoms with Gasteiger partial charge in [-0.3, -0.25) is 0 Å². The molecule has 0 aliphatic carbocycles. The molecule has 21 heavy (non-hydrogen) atoms. The molecule has 1 atom stereocenters.